The highest BCUT2D eigenvalue weighted by atomic mass is 32.2. The molecule has 0 saturated carbocycles. The van der Waals surface area contributed by atoms with Crippen molar-refractivity contribution >= 4 is 51.9 Å². The number of rotatable bonds is 9. The van der Waals surface area contributed by atoms with E-state index in [4.69, 9.17) is 14.5 Å². The van der Waals surface area contributed by atoms with Crippen LogP contribution in [-0.2, 0) is 14.3 Å². The molecule has 2 aromatic rings. The zero-order valence-corrected chi connectivity index (χ0v) is 22.7. The van der Waals surface area contributed by atoms with Gasteiger partial charge in [0.1, 0.15) is 10.7 Å². The number of carbonyl (C=O) groups is 2. The van der Waals surface area contributed by atoms with Crippen molar-refractivity contribution in [2.45, 2.75) is 43.9 Å². The maximum atomic E-state index is 13.7. The summed E-state index contributed by atoms with van der Waals surface area (Å²) in [5, 5.41) is 1.60. The van der Waals surface area contributed by atoms with Crippen LogP contribution >= 0.6 is 23.5 Å². The maximum absolute atomic E-state index is 13.7. The molecule has 0 aliphatic carbocycles. The molecule has 1 saturated heterocycles. The number of amidine groups is 1. The number of carbonyl (C=O) groups excluding carboxylic acids is 2. The first-order valence-corrected chi connectivity index (χ1v) is 13.6. The number of fused-ring (bicyclic) bond motifs is 1. The van der Waals surface area contributed by atoms with Crippen LogP contribution in [0, 0.1) is 6.92 Å². The van der Waals surface area contributed by atoms with Gasteiger partial charge in [-0.25, -0.2) is 0 Å². The van der Waals surface area contributed by atoms with Gasteiger partial charge in [-0.05, 0) is 55.8 Å². The van der Waals surface area contributed by atoms with E-state index < -0.39 is 0 Å². The fourth-order valence-corrected chi connectivity index (χ4v) is 6.32. The van der Waals surface area contributed by atoms with Gasteiger partial charge in [0, 0.05) is 31.0 Å². The molecule has 0 aromatic heterocycles. The van der Waals surface area contributed by atoms with Crippen molar-refractivity contribution < 1.29 is 19.1 Å². The number of unbranched alkanes of at least 4 members (excludes halogenated alkanes) is 3. The lowest BCUT2D eigenvalue weighted by atomic mass is 10.1. The van der Waals surface area contributed by atoms with Gasteiger partial charge in [-0.15, -0.1) is 0 Å². The van der Waals surface area contributed by atoms with Crippen molar-refractivity contribution in [3.05, 3.63) is 58.0 Å². The van der Waals surface area contributed by atoms with E-state index >= 15 is 0 Å². The second kappa shape index (κ2) is 11.9. The molecular weight excluding hydrogens is 494 g/mol. The molecular formula is C27H31N3O4S2. The molecule has 0 atom stereocenters. The van der Waals surface area contributed by atoms with Crippen molar-refractivity contribution in [1.82, 2.24) is 0 Å². The lowest BCUT2D eigenvalue weighted by molar-refractivity contribution is -0.140. The summed E-state index contributed by atoms with van der Waals surface area (Å²) in [5.74, 6) is 0.559. The molecule has 0 N–H and O–H groups in total. The van der Waals surface area contributed by atoms with E-state index in [2.05, 4.69) is 4.90 Å². The van der Waals surface area contributed by atoms with E-state index in [-0.39, 0.29) is 11.9 Å². The van der Waals surface area contributed by atoms with E-state index in [1.807, 2.05) is 56.4 Å². The molecule has 2 aliphatic heterocycles. The highest BCUT2D eigenvalue weighted by Gasteiger charge is 2.40. The number of aryl methyl sites for hydroxylation is 1. The Morgan fingerprint density at radius 3 is 2.47 bits per heavy atom. The number of nitrogens with zero attached hydrogens (tertiary/aromatic N) is 3. The summed E-state index contributed by atoms with van der Waals surface area (Å²) < 4.78 is 10.1. The molecule has 7 nitrogen and oxygen atoms in total. The smallest absolute Gasteiger partial charge is 0.305 e. The lowest BCUT2D eigenvalue weighted by Crippen LogP contribution is -2.29. The van der Waals surface area contributed by atoms with Gasteiger partial charge in [-0.1, -0.05) is 42.3 Å². The van der Waals surface area contributed by atoms with E-state index in [1.165, 1.54) is 18.9 Å². The molecule has 1 fully saturated rings. The number of methoxy groups -OCH3 is 2. The van der Waals surface area contributed by atoms with Gasteiger partial charge in [-0.3, -0.25) is 19.5 Å². The topological polar surface area (TPSA) is 71.4 Å². The molecule has 36 heavy (non-hydrogen) atoms. The molecule has 2 aromatic carbocycles. The largest absolute Gasteiger partial charge is 0.497 e. The van der Waals surface area contributed by atoms with Gasteiger partial charge in [0.2, 0.25) is 0 Å². The molecule has 4 rings (SSSR count). The minimum Gasteiger partial charge on any atom is -0.497 e. The summed E-state index contributed by atoms with van der Waals surface area (Å²) in [7, 11) is 5.05. The number of esters is 1. The number of ether oxygens (including phenoxy) is 2. The minimum atomic E-state index is -0.166. The fraction of sp³-hybridized carbons (Fsp3) is 0.370. The number of hydrogen-bond acceptors (Lipinski definition) is 8. The van der Waals surface area contributed by atoms with Crippen LogP contribution < -0.4 is 14.5 Å². The summed E-state index contributed by atoms with van der Waals surface area (Å²) in [6, 6.07) is 13.9. The second-order valence-corrected chi connectivity index (χ2v) is 10.6. The van der Waals surface area contributed by atoms with Crippen molar-refractivity contribution in [3.8, 4) is 5.75 Å². The standard InChI is InChI=1S/C27H31N3O4S2/c1-18-10-12-19(13-11-18)30-25(32)24(26-29(2)21-17-20(33-3)14-15-22(21)35-26)36-27(30)28-16-8-6-5-7-9-23(31)34-4/h10-15,17H,5-9,16H2,1-4H3/b26-24-,28-27?. The van der Waals surface area contributed by atoms with Gasteiger partial charge in [0.05, 0.1) is 30.6 Å². The molecule has 2 heterocycles. The second-order valence-electron chi connectivity index (χ2n) is 8.61. The number of aliphatic imine (C=N–C) groups is 1. The third kappa shape index (κ3) is 5.73. The SMILES string of the molecule is COC(=O)CCCCCCN=C1S/C(=C2\Sc3ccc(OC)cc3N2C)C(=O)N1c1ccc(C)cc1. The molecule has 0 spiro atoms. The van der Waals surface area contributed by atoms with Crippen LogP contribution in [0.5, 0.6) is 5.75 Å². The van der Waals surface area contributed by atoms with E-state index in [0.717, 1.165) is 58.3 Å². The van der Waals surface area contributed by atoms with E-state index in [9.17, 15) is 9.59 Å². The van der Waals surface area contributed by atoms with Gasteiger partial charge < -0.3 is 14.4 Å². The minimum absolute atomic E-state index is 0.0604. The highest BCUT2D eigenvalue weighted by molar-refractivity contribution is 8.20. The Bertz CT molecular complexity index is 1190. The van der Waals surface area contributed by atoms with Crippen molar-refractivity contribution in [2.24, 2.45) is 4.99 Å². The van der Waals surface area contributed by atoms with Crippen molar-refractivity contribution in [1.29, 1.82) is 0 Å². The van der Waals surface area contributed by atoms with Crippen molar-refractivity contribution in [2.75, 3.05) is 37.6 Å². The fourth-order valence-electron chi connectivity index (χ4n) is 3.99. The van der Waals surface area contributed by atoms with Crippen LogP contribution in [0.15, 0.2) is 62.3 Å². The Labute approximate surface area is 220 Å². The van der Waals surface area contributed by atoms with Gasteiger partial charge in [0.25, 0.3) is 5.91 Å². The number of hydrogen-bond donors (Lipinski definition) is 0. The molecule has 0 unspecified atom stereocenters. The number of amides is 1. The number of thioether (sulfide) groups is 2. The van der Waals surface area contributed by atoms with E-state index in [0.29, 0.717) is 23.0 Å². The lowest BCUT2D eigenvalue weighted by Gasteiger charge is -2.17. The Hall–Kier alpha value is -2.91. The quantitative estimate of drug-likeness (QED) is 0.227. The van der Waals surface area contributed by atoms with Gasteiger partial charge >= 0.3 is 5.97 Å². The monoisotopic (exact) mass is 525 g/mol. The van der Waals surface area contributed by atoms with Crippen LogP contribution in [0.1, 0.15) is 37.7 Å². The summed E-state index contributed by atoms with van der Waals surface area (Å²) in [5.41, 5.74) is 2.97. The van der Waals surface area contributed by atoms with Crippen LogP contribution in [-0.4, -0.2) is 44.9 Å². The summed E-state index contributed by atoms with van der Waals surface area (Å²) in [4.78, 5) is 35.4. The predicted molar refractivity (Wildman–Crippen MR) is 148 cm³/mol. The molecule has 190 valence electrons. The summed E-state index contributed by atoms with van der Waals surface area (Å²) in [6.07, 6.45) is 4.09. The summed E-state index contributed by atoms with van der Waals surface area (Å²) >= 11 is 3.03. The highest BCUT2D eigenvalue weighted by Crippen LogP contribution is 2.51. The Morgan fingerprint density at radius 1 is 1.00 bits per heavy atom. The molecule has 9 heteroatoms. The van der Waals surface area contributed by atoms with Crippen LogP contribution in [0.2, 0.25) is 0 Å². The van der Waals surface area contributed by atoms with Crippen LogP contribution in [0.4, 0.5) is 11.4 Å². The Balaban J connectivity index is 1.53. The molecule has 1 amide bonds. The van der Waals surface area contributed by atoms with Gasteiger partial charge in [0.15, 0.2) is 5.17 Å². The normalized spacial score (nSPS) is 18.2. The molecule has 0 radical (unpaired) electrons. The molecule has 0 bridgehead atoms. The van der Waals surface area contributed by atoms with Crippen LogP contribution in [0.3, 0.4) is 0 Å². The van der Waals surface area contributed by atoms with Gasteiger partial charge in [-0.2, -0.15) is 0 Å². The first-order valence-electron chi connectivity index (χ1n) is 12.0. The Kier molecular flexibility index (Phi) is 8.64. The zero-order valence-electron chi connectivity index (χ0n) is 21.1. The number of anilines is 2. The zero-order chi connectivity index (χ0) is 25.7. The number of benzene rings is 2. The summed E-state index contributed by atoms with van der Waals surface area (Å²) in [6.45, 7) is 2.65. The predicted octanol–water partition coefficient (Wildman–Crippen LogP) is 5.97. The average molecular weight is 526 g/mol. The maximum Gasteiger partial charge on any atom is 0.305 e. The molecule has 2 aliphatic rings. The third-order valence-electron chi connectivity index (χ3n) is 6.07. The van der Waals surface area contributed by atoms with Crippen molar-refractivity contribution in [3.63, 3.8) is 0 Å². The average Bonchev–Trinajstić information content (AvgIpc) is 3.39. The Morgan fingerprint density at radius 2 is 1.75 bits per heavy atom. The van der Waals surface area contributed by atoms with Crippen LogP contribution in [0.25, 0.3) is 0 Å². The van der Waals surface area contributed by atoms with E-state index in [1.54, 1.807) is 23.8 Å². The first-order chi connectivity index (χ1) is 17.4. The first kappa shape index (κ1) is 26.2. The third-order valence-corrected chi connectivity index (χ3v) is 8.50.